The second kappa shape index (κ2) is 5.61. The fourth-order valence-electron chi connectivity index (χ4n) is 1.90. The van der Waals surface area contributed by atoms with Gasteiger partial charge in [0.1, 0.15) is 5.01 Å². The summed E-state index contributed by atoms with van der Waals surface area (Å²) in [4.78, 5) is 10.3. The lowest BCUT2D eigenvalue weighted by Gasteiger charge is -2.00. The van der Waals surface area contributed by atoms with Crippen molar-refractivity contribution in [3.8, 4) is 11.3 Å². The molecule has 96 valence electrons. The number of hydrogen-bond acceptors (Lipinski definition) is 5. The Morgan fingerprint density at radius 2 is 2.16 bits per heavy atom. The zero-order valence-corrected chi connectivity index (χ0v) is 11.9. The predicted octanol–water partition coefficient (Wildman–Crippen LogP) is 3.32. The third kappa shape index (κ3) is 2.73. The lowest BCUT2D eigenvalue weighted by Crippen LogP contribution is -1.94. The standard InChI is InChI=1S/C14H13N3S2/c15-8-13-17-14(10-4-6-18-9-10)12(19-13)7-11-3-1-2-5-16-11/h1-6,9H,7-8,15H2. The highest BCUT2D eigenvalue weighted by molar-refractivity contribution is 7.12. The zero-order chi connectivity index (χ0) is 13.1. The van der Waals surface area contributed by atoms with Crippen LogP contribution in [0.4, 0.5) is 0 Å². The van der Waals surface area contributed by atoms with Gasteiger partial charge in [0.2, 0.25) is 0 Å². The molecule has 2 N–H and O–H groups in total. The molecule has 0 unspecified atom stereocenters. The van der Waals surface area contributed by atoms with E-state index in [1.54, 1.807) is 22.7 Å². The van der Waals surface area contributed by atoms with Gasteiger partial charge in [0.25, 0.3) is 0 Å². The fraction of sp³-hybridized carbons (Fsp3) is 0.143. The van der Waals surface area contributed by atoms with Gasteiger partial charge in [0.15, 0.2) is 0 Å². The lowest BCUT2D eigenvalue weighted by atomic mass is 10.1. The Kier molecular flexibility index (Phi) is 3.68. The molecule has 5 heteroatoms. The topological polar surface area (TPSA) is 51.8 Å². The highest BCUT2D eigenvalue weighted by Gasteiger charge is 2.13. The highest BCUT2D eigenvalue weighted by Crippen LogP contribution is 2.31. The average molecular weight is 287 g/mol. The maximum Gasteiger partial charge on any atom is 0.107 e. The van der Waals surface area contributed by atoms with Crippen LogP contribution in [0.3, 0.4) is 0 Å². The molecule has 3 nitrogen and oxygen atoms in total. The summed E-state index contributed by atoms with van der Waals surface area (Å²) in [7, 11) is 0. The van der Waals surface area contributed by atoms with Crippen LogP contribution in [-0.4, -0.2) is 9.97 Å². The molecule has 0 saturated carbocycles. The van der Waals surface area contributed by atoms with Gasteiger partial charge in [-0.25, -0.2) is 4.98 Å². The molecule has 0 radical (unpaired) electrons. The normalized spacial score (nSPS) is 10.8. The minimum absolute atomic E-state index is 0.490. The van der Waals surface area contributed by atoms with Crippen LogP contribution in [0.2, 0.25) is 0 Å². The van der Waals surface area contributed by atoms with E-state index >= 15 is 0 Å². The van der Waals surface area contributed by atoms with Crippen molar-refractivity contribution in [2.45, 2.75) is 13.0 Å². The Morgan fingerprint density at radius 3 is 2.84 bits per heavy atom. The number of pyridine rings is 1. The van der Waals surface area contributed by atoms with Crippen molar-refractivity contribution in [3.63, 3.8) is 0 Å². The quantitative estimate of drug-likeness (QED) is 0.801. The van der Waals surface area contributed by atoms with Crippen molar-refractivity contribution in [3.05, 3.63) is 56.8 Å². The van der Waals surface area contributed by atoms with Crippen LogP contribution < -0.4 is 5.73 Å². The van der Waals surface area contributed by atoms with Crippen LogP contribution in [0, 0.1) is 0 Å². The summed E-state index contributed by atoms with van der Waals surface area (Å²) in [5.41, 5.74) is 9.00. The third-order valence-corrected chi connectivity index (χ3v) is 4.54. The van der Waals surface area contributed by atoms with Gasteiger partial charge in [-0.15, -0.1) is 11.3 Å². The third-order valence-electron chi connectivity index (χ3n) is 2.78. The number of thiazole rings is 1. The van der Waals surface area contributed by atoms with E-state index in [9.17, 15) is 0 Å². The molecule has 0 fully saturated rings. The van der Waals surface area contributed by atoms with Crippen molar-refractivity contribution < 1.29 is 0 Å². The molecule has 0 aliphatic heterocycles. The predicted molar refractivity (Wildman–Crippen MR) is 80.4 cm³/mol. The van der Waals surface area contributed by atoms with E-state index in [4.69, 9.17) is 5.73 Å². The summed E-state index contributed by atoms with van der Waals surface area (Å²) in [5.74, 6) is 0. The fourth-order valence-corrected chi connectivity index (χ4v) is 3.52. The number of nitrogens with two attached hydrogens (primary N) is 1. The van der Waals surface area contributed by atoms with E-state index in [2.05, 4.69) is 26.8 Å². The maximum absolute atomic E-state index is 5.71. The monoisotopic (exact) mass is 287 g/mol. The van der Waals surface area contributed by atoms with Crippen LogP contribution in [0.5, 0.6) is 0 Å². The van der Waals surface area contributed by atoms with Crippen molar-refractivity contribution >= 4 is 22.7 Å². The van der Waals surface area contributed by atoms with E-state index in [1.165, 1.54) is 10.4 Å². The number of thiophene rings is 1. The van der Waals surface area contributed by atoms with Crippen LogP contribution in [0.15, 0.2) is 41.2 Å². The van der Waals surface area contributed by atoms with Gasteiger partial charge < -0.3 is 5.73 Å². The summed E-state index contributed by atoms with van der Waals surface area (Å²) in [6.45, 7) is 0.490. The number of nitrogens with zero attached hydrogens (tertiary/aromatic N) is 2. The molecule has 3 heterocycles. The molecule has 3 rings (SSSR count). The minimum atomic E-state index is 0.490. The molecule has 3 aromatic rings. The van der Waals surface area contributed by atoms with Gasteiger partial charge in [-0.2, -0.15) is 11.3 Å². The van der Waals surface area contributed by atoms with Gasteiger partial charge >= 0.3 is 0 Å². The Balaban J connectivity index is 1.98. The van der Waals surface area contributed by atoms with E-state index in [0.717, 1.165) is 22.8 Å². The minimum Gasteiger partial charge on any atom is -0.325 e. The number of aromatic nitrogens is 2. The molecule has 0 aliphatic rings. The summed E-state index contributed by atoms with van der Waals surface area (Å²) in [6, 6.07) is 8.08. The van der Waals surface area contributed by atoms with Crippen LogP contribution in [0.1, 0.15) is 15.6 Å². The molecular weight excluding hydrogens is 274 g/mol. The van der Waals surface area contributed by atoms with Gasteiger partial charge in [0, 0.05) is 40.7 Å². The van der Waals surface area contributed by atoms with Crippen LogP contribution in [0.25, 0.3) is 11.3 Å². The van der Waals surface area contributed by atoms with Gasteiger partial charge in [0.05, 0.1) is 5.69 Å². The van der Waals surface area contributed by atoms with Crippen LogP contribution >= 0.6 is 22.7 Å². The van der Waals surface area contributed by atoms with Gasteiger partial charge in [-0.1, -0.05) is 6.07 Å². The zero-order valence-electron chi connectivity index (χ0n) is 10.2. The smallest absolute Gasteiger partial charge is 0.107 e. The van der Waals surface area contributed by atoms with Crippen LogP contribution in [-0.2, 0) is 13.0 Å². The summed E-state index contributed by atoms with van der Waals surface area (Å²) >= 11 is 3.37. The highest BCUT2D eigenvalue weighted by atomic mass is 32.1. The molecule has 0 bridgehead atoms. The molecule has 0 saturated heterocycles. The first-order chi connectivity index (χ1) is 9.36. The van der Waals surface area contributed by atoms with Gasteiger partial charge in [-0.05, 0) is 23.6 Å². The molecule has 19 heavy (non-hydrogen) atoms. The van der Waals surface area contributed by atoms with Crippen molar-refractivity contribution in [2.75, 3.05) is 0 Å². The van der Waals surface area contributed by atoms with Gasteiger partial charge in [-0.3, -0.25) is 4.98 Å². The summed E-state index contributed by atoms with van der Waals surface area (Å²) in [5, 5.41) is 5.17. The molecule has 3 aromatic heterocycles. The first-order valence-corrected chi connectivity index (χ1v) is 7.74. The van der Waals surface area contributed by atoms with E-state index in [1.807, 2.05) is 24.4 Å². The van der Waals surface area contributed by atoms with Crippen molar-refractivity contribution in [2.24, 2.45) is 5.73 Å². The Labute approximate surface area is 119 Å². The second-order valence-corrected chi connectivity index (χ2v) is 6.04. The van der Waals surface area contributed by atoms with E-state index in [0.29, 0.717) is 6.54 Å². The second-order valence-electron chi connectivity index (χ2n) is 4.09. The number of rotatable bonds is 4. The van der Waals surface area contributed by atoms with E-state index < -0.39 is 0 Å². The largest absolute Gasteiger partial charge is 0.325 e. The first kappa shape index (κ1) is 12.5. The lowest BCUT2D eigenvalue weighted by molar-refractivity contribution is 1.04. The summed E-state index contributed by atoms with van der Waals surface area (Å²) < 4.78 is 0. The Bertz CT molecular complexity index is 645. The molecule has 0 aromatic carbocycles. The molecule has 0 aliphatic carbocycles. The molecule has 0 amide bonds. The van der Waals surface area contributed by atoms with Crippen molar-refractivity contribution in [1.29, 1.82) is 0 Å². The average Bonchev–Trinajstić information content (AvgIpc) is 3.08. The maximum atomic E-state index is 5.71. The van der Waals surface area contributed by atoms with E-state index in [-0.39, 0.29) is 0 Å². The summed E-state index contributed by atoms with van der Waals surface area (Å²) in [6.07, 6.45) is 2.63. The Morgan fingerprint density at radius 1 is 1.21 bits per heavy atom. The molecule has 0 atom stereocenters. The molecule has 0 spiro atoms. The number of hydrogen-bond donors (Lipinski definition) is 1. The molecular formula is C14H13N3S2. The van der Waals surface area contributed by atoms with Crippen molar-refractivity contribution in [1.82, 2.24) is 9.97 Å². The Hall–Kier alpha value is -1.56. The first-order valence-electron chi connectivity index (χ1n) is 5.98. The SMILES string of the molecule is NCc1nc(-c2ccsc2)c(Cc2ccccn2)s1.